The van der Waals surface area contributed by atoms with Gasteiger partial charge in [0, 0.05) is 5.69 Å². The molecule has 1 aromatic rings. The van der Waals surface area contributed by atoms with E-state index in [1.165, 1.54) is 6.34 Å². The number of hydrogen-bond donors (Lipinski definition) is 0. The third-order valence-corrected chi connectivity index (χ3v) is 2.39. The molecule has 1 atom stereocenters. The summed E-state index contributed by atoms with van der Waals surface area (Å²) >= 11 is 11.9. The van der Waals surface area contributed by atoms with Crippen molar-refractivity contribution in [3.8, 4) is 0 Å². The molecule has 2 rings (SSSR count). The van der Waals surface area contributed by atoms with Gasteiger partial charge >= 0.3 is 0 Å². The number of nitrogens with zero attached hydrogens (tertiary/aromatic N) is 3. The van der Waals surface area contributed by atoms with Crippen LogP contribution in [0.2, 0.25) is 0 Å². The molecule has 72 valence electrons. The molecule has 0 saturated carbocycles. The van der Waals surface area contributed by atoms with Crippen LogP contribution in [-0.2, 0) is 0 Å². The molecule has 0 saturated heterocycles. The minimum absolute atomic E-state index is 0.325. The van der Waals surface area contributed by atoms with Gasteiger partial charge in [-0.3, -0.25) is 4.90 Å². The molecule has 0 bridgehead atoms. The van der Waals surface area contributed by atoms with Gasteiger partial charge < -0.3 is 0 Å². The van der Waals surface area contributed by atoms with Crippen molar-refractivity contribution in [3.05, 3.63) is 30.3 Å². The van der Waals surface area contributed by atoms with Crippen LogP contribution in [0.1, 0.15) is 0 Å². The van der Waals surface area contributed by atoms with Gasteiger partial charge in [-0.1, -0.05) is 29.8 Å². The molecule has 0 aromatic heterocycles. The standard InChI is InChI=1S/C9H7Cl2N3/c10-8-12-6-13-9(11)14(8)7-4-2-1-3-5-7/h1-6,8H. The second-order valence-electron chi connectivity index (χ2n) is 2.68. The molecule has 1 unspecified atom stereocenters. The van der Waals surface area contributed by atoms with Crippen LogP contribution in [0, 0.1) is 0 Å². The maximum absolute atomic E-state index is 5.97. The predicted octanol–water partition coefficient (Wildman–Crippen LogP) is 2.65. The molecule has 0 fully saturated rings. The van der Waals surface area contributed by atoms with Crippen molar-refractivity contribution in [1.82, 2.24) is 0 Å². The van der Waals surface area contributed by atoms with Crippen LogP contribution in [0.4, 0.5) is 5.69 Å². The van der Waals surface area contributed by atoms with Gasteiger partial charge in [-0.2, -0.15) is 0 Å². The third kappa shape index (κ3) is 1.74. The molecular weight excluding hydrogens is 221 g/mol. The van der Waals surface area contributed by atoms with Gasteiger partial charge in [0.1, 0.15) is 6.34 Å². The van der Waals surface area contributed by atoms with Crippen LogP contribution >= 0.6 is 23.2 Å². The van der Waals surface area contributed by atoms with E-state index in [1.807, 2.05) is 30.3 Å². The fourth-order valence-electron chi connectivity index (χ4n) is 1.17. The van der Waals surface area contributed by atoms with E-state index in [9.17, 15) is 0 Å². The fourth-order valence-corrected chi connectivity index (χ4v) is 1.71. The Bertz CT molecular complexity index is 375. The summed E-state index contributed by atoms with van der Waals surface area (Å²) in [5.41, 5.74) is 0.348. The van der Waals surface area contributed by atoms with Gasteiger partial charge in [-0.15, -0.1) is 0 Å². The van der Waals surface area contributed by atoms with E-state index >= 15 is 0 Å². The Morgan fingerprint density at radius 2 is 1.93 bits per heavy atom. The zero-order valence-electron chi connectivity index (χ0n) is 7.14. The number of anilines is 1. The first-order valence-electron chi connectivity index (χ1n) is 4.02. The summed E-state index contributed by atoms with van der Waals surface area (Å²) in [6.45, 7) is 0. The van der Waals surface area contributed by atoms with Crippen LogP contribution in [0.15, 0.2) is 40.3 Å². The largest absolute Gasteiger partial charge is 0.281 e. The molecule has 1 heterocycles. The highest BCUT2D eigenvalue weighted by Gasteiger charge is 2.21. The van der Waals surface area contributed by atoms with Crippen LogP contribution < -0.4 is 4.90 Å². The fraction of sp³-hybridized carbons (Fsp3) is 0.111. The van der Waals surface area contributed by atoms with Gasteiger partial charge in [0.15, 0.2) is 0 Å². The molecule has 1 aliphatic rings. The van der Waals surface area contributed by atoms with Crippen molar-refractivity contribution in [1.29, 1.82) is 0 Å². The van der Waals surface area contributed by atoms with E-state index < -0.39 is 5.62 Å². The lowest BCUT2D eigenvalue weighted by Crippen LogP contribution is -2.35. The van der Waals surface area contributed by atoms with Gasteiger partial charge in [0.25, 0.3) is 0 Å². The number of aliphatic imine (C=N–C) groups is 2. The molecule has 1 aromatic carbocycles. The minimum Gasteiger partial charge on any atom is -0.281 e. The van der Waals surface area contributed by atoms with E-state index in [4.69, 9.17) is 23.2 Å². The molecule has 0 radical (unpaired) electrons. The Kier molecular flexibility index (Phi) is 2.70. The summed E-state index contributed by atoms with van der Waals surface area (Å²) in [6.07, 6.45) is 1.36. The highest BCUT2D eigenvalue weighted by Crippen LogP contribution is 2.22. The molecule has 1 aliphatic heterocycles. The lowest BCUT2D eigenvalue weighted by atomic mass is 10.3. The number of benzene rings is 1. The van der Waals surface area contributed by atoms with Crippen molar-refractivity contribution >= 4 is 40.5 Å². The zero-order chi connectivity index (χ0) is 9.97. The lowest BCUT2D eigenvalue weighted by molar-refractivity contribution is 0.926. The number of halogens is 2. The normalized spacial score (nSPS) is 20.9. The van der Waals surface area contributed by atoms with E-state index in [2.05, 4.69) is 9.98 Å². The van der Waals surface area contributed by atoms with Crippen LogP contribution in [-0.4, -0.2) is 17.3 Å². The smallest absolute Gasteiger partial charge is 0.207 e. The highest BCUT2D eigenvalue weighted by atomic mass is 35.5. The summed E-state index contributed by atoms with van der Waals surface area (Å²) in [5, 5.41) is 0.325. The third-order valence-electron chi connectivity index (χ3n) is 1.80. The van der Waals surface area contributed by atoms with Gasteiger partial charge in [0.05, 0.1) is 0 Å². The van der Waals surface area contributed by atoms with Gasteiger partial charge in [-0.25, -0.2) is 9.98 Å². The predicted molar refractivity (Wildman–Crippen MR) is 60.3 cm³/mol. The van der Waals surface area contributed by atoms with Gasteiger partial charge in [-0.05, 0) is 23.7 Å². The van der Waals surface area contributed by atoms with Crippen molar-refractivity contribution in [2.24, 2.45) is 9.98 Å². The average molecular weight is 228 g/mol. The molecular formula is C9H7Cl2N3. The molecule has 0 spiro atoms. The number of hydrogen-bond acceptors (Lipinski definition) is 3. The Morgan fingerprint density at radius 1 is 1.21 bits per heavy atom. The number of rotatable bonds is 1. The topological polar surface area (TPSA) is 28.0 Å². The van der Waals surface area contributed by atoms with E-state index in [1.54, 1.807) is 4.90 Å². The second-order valence-corrected chi connectivity index (χ2v) is 3.41. The highest BCUT2D eigenvalue weighted by molar-refractivity contribution is 6.69. The molecule has 3 nitrogen and oxygen atoms in total. The Hall–Kier alpha value is -1.06. The maximum Gasteiger partial charge on any atom is 0.207 e. The first-order valence-corrected chi connectivity index (χ1v) is 4.84. The molecule has 0 aliphatic carbocycles. The van der Waals surface area contributed by atoms with Crippen molar-refractivity contribution in [2.45, 2.75) is 5.62 Å². The summed E-state index contributed by atoms with van der Waals surface area (Å²) in [5.74, 6) is 0. The average Bonchev–Trinajstić information content (AvgIpc) is 2.19. The van der Waals surface area contributed by atoms with E-state index in [-0.39, 0.29) is 0 Å². The molecule has 14 heavy (non-hydrogen) atoms. The Balaban J connectivity index is 2.35. The number of amidine groups is 1. The number of para-hydroxylation sites is 1. The summed E-state index contributed by atoms with van der Waals surface area (Å²) in [6, 6.07) is 9.52. The second kappa shape index (κ2) is 3.98. The van der Waals surface area contributed by atoms with Crippen molar-refractivity contribution < 1.29 is 0 Å². The van der Waals surface area contributed by atoms with E-state index in [0.717, 1.165) is 5.69 Å². The summed E-state index contributed by atoms with van der Waals surface area (Å²) in [7, 11) is 0. The monoisotopic (exact) mass is 227 g/mol. The first kappa shape index (κ1) is 9.49. The minimum atomic E-state index is -0.526. The van der Waals surface area contributed by atoms with E-state index in [0.29, 0.717) is 5.29 Å². The van der Waals surface area contributed by atoms with Crippen molar-refractivity contribution in [3.63, 3.8) is 0 Å². The zero-order valence-corrected chi connectivity index (χ0v) is 8.65. The quantitative estimate of drug-likeness (QED) is 0.536. The lowest BCUT2D eigenvalue weighted by Gasteiger charge is -2.26. The van der Waals surface area contributed by atoms with Crippen molar-refractivity contribution in [2.75, 3.05) is 4.90 Å². The maximum atomic E-state index is 5.97. The van der Waals surface area contributed by atoms with Crippen LogP contribution in [0.5, 0.6) is 0 Å². The SMILES string of the molecule is ClC1=NC=NC(Cl)N1c1ccccc1. The summed E-state index contributed by atoms with van der Waals surface area (Å²) in [4.78, 5) is 9.44. The Morgan fingerprint density at radius 3 is 2.57 bits per heavy atom. The van der Waals surface area contributed by atoms with Crippen LogP contribution in [0.25, 0.3) is 0 Å². The summed E-state index contributed by atoms with van der Waals surface area (Å²) < 4.78 is 0. The number of alkyl halides is 1. The molecule has 5 heteroatoms. The van der Waals surface area contributed by atoms with Crippen LogP contribution in [0.3, 0.4) is 0 Å². The molecule has 0 N–H and O–H groups in total. The Labute approximate surface area is 91.7 Å². The first-order chi connectivity index (χ1) is 6.79. The molecule has 0 amide bonds. The van der Waals surface area contributed by atoms with Gasteiger partial charge in [0.2, 0.25) is 10.9 Å².